The monoisotopic (exact) mass is 209 g/mol. The first-order valence-electron chi connectivity index (χ1n) is 4.74. The zero-order valence-corrected chi connectivity index (χ0v) is 9.26. The van der Waals surface area contributed by atoms with E-state index in [1.54, 1.807) is 7.05 Å². The highest BCUT2D eigenvalue weighted by Gasteiger charge is 2.25. The van der Waals surface area contributed by atoms with Crippen LogP contribution in [0.2, 0.25) is 0 Å². The predicted octanol–water partition coefficient (Wildman–Crippen LogP) is 1.68. The van der Waals surface area contributed by atoms with Gasteiger partial charge in [-0.1, -0.05) is 32.6 Å². The van der Waals surface area contributed by atoms with Gasteiger partial charge in [0.1, 0.15) is 5.78 Å². The summed E-state index contributed by atoms with van der Waals surface area (Å²) in [5.41, 5.74) is 0. The predicted molar refractivity (Wildman–Crippen MR) is 53.7 cm³/mol. The lowest BCUT2D eigenvalue weighted by molar-refractivity contribution is 0.343. The van der Waals surface area contributed by atoms with Crippen LogP contribution in [0.4, 0.5) is 0 Å². The van der Waals surface area contributed by atoms with Crippen molar-refractivity contribution in [3.05, 3.63) is 0 Å². The SMILES string of the molecule is CCCCCCC(NC)P(=O)(O)O. The lowest BCUT2D eigenvalue weighted by Gasteiger charge is -2.16. The van der Waals surface area contributed by atoms with Gasteiger partial charge in [0.25, 0.3) is 0 Å². The zero-order chi connectivity index (χ0) is 10.3. The number of rotatable bonds is 7. The van der Waals surface area contributed by atoms with Crippen molar-refractivity contribution in [3.63, 3.8) is 0 Å². The maximum absolute atomic E-state index is 10.9. The molecule has 0 aromatic rings. The van der Waals surface area contributed by atoms with Crippen LogP contribution in [0.15, 0.2) is 0 Å². The van der Waals surface area contributed by atoms with Crippen LogP contribution in [-0.2, 0) is 4.57 Å². The second kappa shape index (κ2) is 6.55. The molecule has 3 N–H and O–H groups in total. The second-order valence-electron chi connectivity index (χ2n) is 3.24. The molecule has 0 aromatic carbocycles. The molecule has 0 saturated carbocycles. The van der Waals surface area contributed by atoms with E-state index in [9.17, 15) is 4.57 Å². The molecule has 0 heterocycles. The van der Waals surface area contributed by atoms with E-state index in [1.165, 1.54) is 0 Å². The minimum absolute atomic E-state index is 0.556. The molecule has 1 unspecified atom stereocenters. The third-order valence-corrected chi connectivity index (χ3v) is 3.40. The van der Waals surface area contributed by atoms with Crippen LogP contribution in [-0.4, -0.2) is 22.6 Å². The van der Waals surface area contributed by atoms with Gasteiger partial charge in [-0.15, -0.1) is 0 Å². The Bertz CT molecular complexity index is 169. The minimum atomic E-state index is -3.94. The highest BCUT2D eigenvalue weighted by Crippen LogP contribution is 2.41. The molecule has 0 aromatic heterocycles. The molecule has 1 atom stereocenters. The van der Waals surface area contributed by atoms with Crippen LogP contribution >= 0.6 is 7.60 Å². The molecule has 0 aliphatic rings. The first-order valence-corrected chi connectivity index (χ1v) is 6.43. The average Bonchev–Trinajstić information content (AvgIpc) is 2.02. The average molecular weight is 209 g/mol. The number of hydrogen-bond acceptors (Lipinski definition) is 2. The normalized spacial score (nSPS) is 14.5. The van der Waals surface area contributed by atoms with Crippen molar-refractivity contribution in [3.8, 4) is 0 Å². The maximum Gasteiger partial charge on any atom is 0.342 e. The number of hydrogen-bond donors (Lipinski definition) is 3. The summed E-state index contributed by atoms with van der Waals surface area (Å²) in [7, 11) is -2.35. The number of unbranched alkanes of at least 4 members (excludes halogenated alkanes) is 3. The molecule has 0 aliphatic carbocycles. The van der Waals surface area contributed by atoms with E-state index in [2.05, 4.69) is 12.2 Å². The van der Waals surface area contributed by atoms with Crippen molar-refractivity contribution in [1.29, 1.82) is 0 Å². The Morgan fingerprint density at radius 3 is 2.31 bits per heavy atom. The highest BCUT2D eigenvalue weighted by atomic mass is 31.2. The van der Waals surface area contributed by atoms with Crippen molar-refractivity contribution in [2.45, 2.75) is 44.8 Å². The summed E-state index contributed by atoms with van der Waals surface area (Å²) >= 11 is 0. The Balaban J connectivity index is 3.67. The summed E-state index contributed by atoms with van der Waals surface area (Å²) in [5.74, 6) is -0.663. The van der Waals surface area contributed by atoms with Crippen LogP contribution in [0, 0.1) is 0 Å². The number of nitrogens with one attached hydrogen (secondary N) is 1. The van der Waals surface area contributed by atoms with Gasteiger partial charge in [0.15, 0.2) is 0 Å². The van der Waals surface area contributed by atoms with E-state index >= 15 is 0 Å². The van der Waals surface area contributed by atoms with Gasteiger partial charge in [-0.05, 0) is 13.5 Å². The van der Waals surface area contributed by atoms with Gasteiger partial charge in [0, 0.05) is 0 Å². The third-order valence-electron chi connectivity index (χ3n) is 2.07. The molecule has 0 radical (unpaired) electrons. The lowest BCUT2D eigenvalue weighted by Crippen LogP contribution is -2.24. The van der Waals surface area contributed by atoms with Gasteiger partial charge in [-0.25, -0.2) is 0 Å². The van der Waals surface area contributed by atoms with Gasteiger partial charge in [-0.3, -0.25) is 4.57 Å². The van der Waals surface area contributed by atoms with Crippen LogP contribution in [0.5, 0.6) is 0 Å². The Morgan fingerprint density at radius 2 is 1.92 bits per heavy atom. The minimum Gasteiger partial charge on any atom is -0.323 e. The van der Waals surface area contributed by atoms with E-state index in [4.69, 9.17) is 9.79 Å². The van der Waals surface area contributed by atoms with Crippen LogP contribution in [0.3, 0.4) is 0 Å². The molecule has 0 amide bonds. The molecule has 0 aliphatic heterocycles. The van der Waals surface area contributed by atoms with Gasteiger partial charge >= 0.3 is 7.60 Å². The van der Waals surface area contributed by atoms with Crippen molar-refractivity contribution in [2.75, 3.05) is 7.05 Å². The van der Waals surface area contributed by atoms with E-state index in [1.807, 2.05) is 0 Å². The molecule has 4 nitrogen and oxygen atoms in total. The molecular formula is C8H20NO3P. The molecule has 0 saturated heterocycles. The fourth-order valence-electron chi connectivity index (χ4n) is 1.25. The van der Waals surface area contributed by atoms with Crippen molar-refractivity contribution in [2.24, 2.45) is 0 Å². The van der Waals surface area contributed by atoms with Gasteiger partial charge in [-0.2, -0.15) is 0 Å². The molecule has 0 fully saturated rings. The summed E-state index contributed by atoms with van der Waals surface area (Å²) < 4.78 is 10.9. The zero-order valence-electron chi connectivity index (χ0n) is 8.36. The quantitative estimate of drug-likeness (QED) is 0.440. The summed E-state index contributed by atoms with van der Waals surface area (Å²) in [6.45, 7) is 2.11. The molecule has 0 spiro atoms. The molecule has 5 heteroatoms. The van der Waals surface area contributed by atoms with Crippen molar-refractivity contribution < 1.29 is 14.4 Å². The van der Waals surface area contributed by atoms with Crippen molar-refractivity contribution >= 4 is 7.60 Å². The standard InChI is InChI=1S/C8H20NO3P/c1-3-4-5-6-7-8(9-2)13(10,11)12/h8-9H,3-7H2,1-2H3,(H2,10,11,12). The largest absolute Gasteiger partial charge is 0.342 e. The third kappa shape index (κ3) is 6.22. The van der Waals surface area contributed by atoms with Crippen LogP contribution in [0.25, 0.3) is 0 Å². The first-order chi connectivity index (χ1) is 6.02. The van der Waals surface area contributed by atoms with Gasteiger partial charge in [0.2, 0.25) is 0 Å². The maximum atomic E-state index is 10.9. The summed E-state index contributed by atoms with van der Waals surface area (Å²) in [5, 5.41) is 2.66. The van der Waals surface area contributed by atoms with Crippen LogP contribution in [0.1, 0.15) is 39.0 Å². The second-order valence-corrected chi connectivity index (χ2v) is 5.04. The van der Waals surface area contributed by atoms with Crippen molar-refractivity contribution in [1.82, 2.24) is 5.32 Å². The lowest BCUT2D eigenvalue weighted by atomic mass is 10.1. The summed E-state index contributed by atoms with van der Waals surface area (Å²) in [6, 6.07) is 0. The van der Waals surface area contributed by atoms with E-state index in [0.29, 0.717) is 6.42 Å². The van der Waals surface area contributed by atoms with E-state index in [0.717, 1.165) is 25.7 Å². The van der Waals surface area contributed by atoms with Gasteiger partial charge in [0.05, 0.1) is 0 Å². The van der Waals surface area contributed by atoms with Gasteiger partial charge < -0.3 is 15.1 Å². The molecule has 0 bridgehead atoms. The van der Waals surface area contributed by atoms with Crippen LogP contribution < -0.4 is 5.32 Å². The first kappa shape index (κ1) is 13.1. The Hall–Kier alpha value is 0.110. The topological polar surface area (TPSA) is 69.6 Å². The fourth-order valence-corrected chi connectivity index (χ4v) is 2.10. The molecule has 80 valence electrons. The fraction of sp³-hybridized carbons (Fsp3) is 1.00. The summed E-state index contributed by atoms with van der Waals surface area (Å²) in [4.78, 5) is 17.8. The Kier molecular flexibility index (Phi) is 6.60. The van der Waals surface area contributed by atoms with E-state index in [-0.39, 0.29) is 0 Å². The Morgan fingerprint density at radius 1 is 1.31 bits per heavy atom. The smallest absolute Gasteiger partial charge is 0.323 e. The van der Waals surface area contributed by atoms with E-state index < -0.39 is 13.4 Å². The molecular weight excluding hydrogens is 189 g/mol. The highest BCUT2D eigenvalue weighted by molar-refractivity contribution is 7.52. The Labute approximate surface area is 79.9 Å². The summed E-state index contributed by atoms with van der Waals surface area (Å²) in [6.07, 6.45) is 4.76. The molecule has 13 heavy (non-hydrogen) atoms. The molecule has 0 rings (SSSR count).